The van der Waals surface area contributed by atoms with Gasteiger partial charge in [-0.25, -0.2) is 0 Å². The number of aromatic nitrogens is 1. The quantitative estimate of drug-likeness (QED) is 0.671. The minimum atomic E-state index is 0.0175. The second kappa shape index (κ2) is 5.56. The van der Waals surface area contributed by atoms with Gasteiger partial charge in [-0.3, -0.25) is 10.4 Å². The van der Waals surface area contributed by atoms with Gasteiger partial charge in [-0.15, -0.1) is 0 Å². The van der Waals surface area contributed by atoms with Gasteiger partial charge in [0.05, 0.1) is 0 Å². The van der Waals surface area contributed by atoms with E-state index in [-0.39, 0.29) is 5.84 Å². The number of hydrogen-bond donors (Lipinski definition) is 2. The Hall–Kier alpha value is -2.36. The summed E-state index contributed by atoms with van der Waals surface area (Å²) in [5.74, 6) is 0.0175. The zero-order valence-electron chi connectivity index (χ0n) is 12.2. The highest BCUT2D eigenvalue weighted by Crippen LogP contribution is 2.31. The van der Waals surface area contributed by atoms with Crippen molar-refractivity contribution in [3.63, 3.8) is 0 Å². The Morgan fingerprint density at radius 3 is 3.00 bits per heavy atom. The summed E-state index contributed by atoms with van der Waals surface area (Å²) in [4.78, 5) is 6.56. The van der Waals surface area contributed by atoms with Crippen LogP contribution in [0, 0.1) is 5.41 Å². The largest absolute Gasteiger partial charge is 0.382 e. The first-order valence-corrected chi connectivity index (χ1v) is 7.29. The Balaban J connectivity index is 1.90. The van der Waals surface area contributed by atoms with Crippen LogP contribution >= 0.6 is 0 Å². The molecule has 1 aliphatic rings. The Morgan fingerprint density at radius 1 is 1.38 bits per heavy atom. The molecule has 4 heteroatoms. The van der Waals surface area contributed by atoms with Crippen molar-refractivity contribution in [1.82, 2.24) is 4.98 Å². The highest BCUT2D eigenvalue weighted by Gasteiger charge is 2.22. The number of nitrogens with two attached hydrogens (primary N) is 1. The summed E-state index contributed by atoms with van der Waals surface area (Å²) in [6, 6.07) is 13.0. The lowest BCUT2D eigenvalue weighted by Gasteiger charge is -2.37. The summed E-state index contributed by atoms with van der Waals surface area (Å²) >= 11 is 0. The van der Waals surface area contributed by atoms with E-state index in [4.69, 9.17) is 11.1 Å². The van der Waals surface area contributed by atoms with Crippen molar-refractivity contribution in [2.24, 2.45) is 5.73 Å². The number of aryl methyl sites for hydroxylation is 1. The summed E-state index contributed by atoms with van der Waals surface area (Å²) in [5, 5.41) is 7.51. The predicted octanol–water partition coefficient (Wildman–Crippen LogP) is 2.71. The molecule has 21 heavy (non-hydrogen) atoms. The van der Waals surface area contributed by atoms with E-state index < -0.39 is 0 Å². The highest BCUT2D eigenvalue weighted by molar-refractivity contribution is 5.93. The molecule has 1 aliphatic heterocycles. The zero-order chi connectivity index (χ0) is 14.8. The average molecular weight is 280 g/mol. The molecule has 0 bridgehead atoms. The molecule has 1 atom stereocenters. The molecule has 0 radical (unpaired) electrons. The Morgan fingerprint density at radius 2 is 2.19 bits per heavy atom. The molecule has 0 fully saturated rings. The monoisotopic (exact) mass is 280 g/mol. The lowest BCUT2D eigenvalue weighted by Crippen LogP contribution is -2.36. The topological polar surface area (TPSA) is 66.0 Å². The third-order valence-electron chi connectivity index (χ3n) is 4.12. The van der Waals surface area contributed by atoms with Gasteiger partial charge in [-0.05, 0) is 49.1 Å². The maximum atomic E-state index is 7.51. The van der Waals surface area contributed by atoms with E-state index in [2.05, 4.69) is 41.1 Å². The van der Waals surface area contributed by atoms with Gasteiger partial charge < -0.3 is 10.6 Å². The van der Waals surface area contributed by atoms with Crippen LogP contribution in [-0.4, -0.2) is 16.9 Å². The fourth-order valence-electron chi connectivity index (χ4n) is 2.92. The molecule has 0 saturated carbocycles. The zero-order valence-corrected chi connectivity index (χ0v) is 12.2. The van der Waals surface area contributed by atoms with Crippen LogP contribution in [0.15, 0.2) is 42.6 Å². The minimum Gasteiger partial charge on any atom is -0.382 e. The van der Waals surface area contributed by atoms with Gasteiger partial charge in [0.25, 0.3) is 0 Å². The Kier molecular flexibility index (Phi) is 3.60. The molecule has 2 heterocycles. The van der Waals surface area contributed by atoms with Crippen molar-refractivity contribution in [3.05, 3.63) is 59.4 Å². The number of pyridine rings is 1. The van der Waals surface area contributed by atoms with Crippen molar-refractivity contribution < 1.29 is 0 Å². The number of nitrogen functional groups attached to an aromatic ring is 1. The van der Waals surface area contributed by atoms with Gasteiger partial charge in [-0.1, -0.05) is 18.2 Å². The van der Waals surface area contributed by atoms with Gasteiger partial charge in [0.15, 0.2) is 0 Å². The van der Waals surface area contributed by atoms with Gasteiger partial charge in [0, 0.05) is 24.5 Å². The van der Waals surface area contributed by atoms with E-state index in [1.807, 2.05) is 12.1 Å². The Labute approximate surface area is 125 Å². The molecular weight excluding hydrogens is 260 g/mol. The molecule has 3 N–H and O–H groups in total. The van der Waals surface area contributed by atoms with E-state index in [9.17, 15) is 0 Å². The van der Waals surface area contributed by atoms with Crippen molar-refractivity contribution in [1.29, 1.82) is 5.41 Å². The number of anilines is 1. The first-order chi connectivity index (χ1) is 10.1. The number of fused-ring (bicyclic) bond motifs is 1. The normalized spacial score (nSPS) is 17.4. The standard InChI is InChI=1S/C17H20N4/c1-12-6-7-14-4-2-3-5-16(14)21(12)11-13-8-9-20-15(10-13)17(18)19/h2-5,8-10,12H,6-7,11H2,1H3,(H3,18,19). The predicted molar refractivity (Wildman–Crippen MR) is 85.7 cm³/mol. The van der Waals surface area contributed by atoms with Crippen molar-refractivity contribution >= 4 is 11.5 Å². The number of hydrogen-bond acceptors (Lipinski definition) is 3. The average Bonchev–Trinajstić information content (AvgIpc) is 2.50. The first-order valence-electron chi connectivity index (χ1n) is 7.29. The molecule has 3 rings (SSSR count). The lowest BCUT2D eigenvalue weighted by atomic mass is 9.96. The van der Waals surface area contributed by atoms with Crippen molar-refractivity contribution in [2.45, 2.75) is 32.4 Å². The lowest BCUT2D eigenvalue weighted by molar-refractivity contribution is 0.560. The van der Waals surface area contributed by atoms with Crippen LogP contribution < -0.4 is 10.6 Å². The molecule has 1 aromatic carbocycles. The van der Waals surface area contributed by atoms with Gasteiger partial charge >= 0.3 is 0 Å². The number of nitrogens with zero attached hydrogens (tertiary/aromatic N) is 2. The summed E-state index contributed by atoms with van der Waals surface area (Å²) in [6.07, 6.45) is 4.04. The van der Waals surface area contributed by atoms with E-state index in [0.29, 0.717) is 11.7 Å². The highest BCUT2D eigenvalue weighted by atomic mass is 15.2. The van der Waals surface area contributed by atoms with Gasteiger partial charge in [0.2, 0.25) is 0 Å². The van der Waals surface area contributed by atoms with Crippen LogP contribution in [0.1, 0.15) is 30.2 Å². The molecule has 0 saturated heterocycles. The number of nitrogens with one attached hydrogen (secondary N) is 1. The van der Waals surface area contributed by atoms with Gasteiger partial charge in [0.1, 0.15) is 11.5 Å². The summed E-state index contributed by atoms with van der Waals surface area (Å²) in [5.41, 5.74) is 9.94. The third kappa shape index (κ3) is 2.75. The van der Waals surface area contributed by atoms with Crippen LogP contribution in [0.4, 0.5) is 5.69 Å². The molecular formula is C17H20N4. The molecule has 108 valence electrons. The van der Waals surface area contributed by atoms with Crippen LogP contribution in [0.5, 0.6) is 0 Å². The smallest absolute Gasteiger partial charge is 0.141 e. The van der Waals surface area contributed by atoms with E-state index in [1.165, 1.54) is 17.7 Å². The number of amidine groups is 1. The maximum Gasteiger partial charge on any atom is 0.141 e. The van der Waals surface area contributed by atoms with Crippen LogP contribution in [0.3, 0.4) is 0 Å². The molecule has 0 aliphatic carbocycles. The van der Waals surface area contributed by atoms with Gasteiger partial charge in [-0.2, -0.15) is 0 Å². The minimum absolute atomic E-state index is 0.0175. The third-order valence-corrected chi connectivity index (χ3v) is 4.12. The molecule has 1 aromatic heterocycles. The van der Waals surface area contributed by atoms with E-state index in [0.717, 1.165) is 18.5 Å². The molecule has 2 aromatic rings. The van der Waals surface area contributed by atoms with E-state index >= 15 is 0 Å². The van der Waals surface area contributed by atoms with Crippen LogP contribution in [0.25, 0.3) is 0 Å². The SMILES string of the molecule is CC1CCc2ccccc2N1Cc1ccnc(C(=N)N)c1. The molecule has 0 amide bonds. The molecule has 1 unspecified atom stereocenters. The Bertz CT molecular complexity index is 665. The molecule has 4 nitrogen and oxygen atoms in total. The number of rotatable bonds is 3. The maximum absolute atomic E-state index is 7.51. The van der Waals surface area contributed by atoms with Crippen molar-refractivity contribution in [2.75, 3.05) is 4.90 Å². The fourth-order valence-corrected chi connectivity index (χ4v) is 2.92. The van der Waals surface area contributed by atoms with E-state index in [1.54, 1.807) is 6.20 Å². The van der Waals surface area contributed by atoms with Crippen molar-refractivity contribution in [3.8, 4) is 0 Å². The van der Waals surface area contributed by atoms with Crippen LogP contribution in [-0.2, 0) is 13.0 Å². The number of benzene rings is 1. The second-order valence-corrected chi connectivity index (χ2v) is 5.61. The van der Waals surface area contributed by atoms with Crippen LogP contribution in [0.2, 0.25) is 0 Å². The summed E-state index contributed by atoms with van der Waals surface area (Å²) < 4.78 is 0. The summed E-state index contributed by atoms with van der Waals surface area (Å²) in [7, 11) is 0. The fraction of sp³-hybridized carbons (Fsp3) is 0.294. The summed E-state index contributed by atoms with van der Waals surface area (Å²) in [6.45, 7) is 3.09. The molecule has 0 spiro atoms. The second-order valence-electron chi connectivity index (χ2n) is 5.61. The first kappa shape index (κ1) is 13.6. The number of para-hydroxylation sites is 1.